The van der Waals surface area contributed by atoms with E-state index in [2.05, 4.69) is 31.0 Å². The summed E-state index contributed by atoms with van der Waals surface area (Å²) in [5, 5.41) is 1.16. The van der Waals surface area contributed by atoms with Crippen LogP contribution < -0.4 is 4.74 Å². The summed E-state index contributed by atoms with van der Waals surface area (Å²) < 4.78 is 5.68. The van der Waals surface area contributed by atoms with Crippen molar-refractivity contribution in [3.63, 3.8) is 0 Å². The summed E-state index contributed by atoms with van der Waals surface area (Å²) >= 11 is 0. The lowest BCUT2D eigenvalue weighted by atomic mass is 10.2. The van der Waals surface area contributed by atoms with Gasteiger partial charge in [0.1, 0.15) is 5.75 Å². The van der Waals surface area contributed by atoms with Gasteiger partial charge in [-0.1, -0.05) is 19.9 Å². The molecule has 1 aromatic heterocycles. The van der Waals surface area contributed by atoms with Crippen molar-refractivity contribution in [1.82, 2.24) is 4.98 Å². The Kier molecular flexibility index (Phi) is 3.09. The summed E-state index contributed by atoms with van der Waals surface area (Å²) in [6.07, 6.45) is 0. The van der Waals surface area contributed by atoms with E-state index >= 15 is 0 Å². The van der Waals surface area contributed by atoms with Gasteiger partial charge in [-0.25, -0.2) is 0 Å². The van der Waals surface area contributed by atoms with E-state index < -0.39 is 0 Å². The lowest BCUT2D eigenvalue weighted by Crippen LogP contribution is -2.04. The number of ether oxygens (including phenoxy) is 1. The van der Waals surface area contributed by atoms with E-state index in [1.165, 1.54) is 0 Å². The minimum Gasteiger partial charge on any atom is -0.493 e. The Morgan fingerprint density at radius 3 is 2.69 bits per heavy atom. The van der Waals surface area contributed by atoms with Crippen LogP contribution in [0.1, 0.15) is 19.5 Å². The number of hydrogen-bond acceptors (Lipinski definition) is 2. The molecule has 0 atom stereocenters. The van der Waals surface area contributed by atoms with Crippen molar-refractivity contribution in [1.29, 1.82) is 0 Å². The number of fused-ring (bicyclic) bond motifs is 1. The Hall–Kier alpha value is -1.57. The molecule has 2 heteroatoms. The number of nitrogens with zero attached hydrogens (tertiary/aromatic N) is 1. The van der Waals surface area contributed by atoms with Crippen molar-refractivity contribution >= 4 is 10.9 Å². The summed E-state index contributed by atoms with van der Waals surface area (Å²) in [6, 6.07) is 10.2. The van der Waals surface area contributed by atoms with Crippen LogP contribution in [0, 0.1) is 12.8 Å². The lowest BCUT2D eigenvalue weighted by molar-refractivity contribution is 0.271. The Bertz CT molecular complexity index is 491. The lowest BCUT2D eigenvalue weighted by Gasteiger charge is -2.09. The van der Waals surface area contributed by atoms with E-state index in [1.807, 2.05) is 25.1 Å². The molecule has 1 heterocycles. The van der Waals surface area contributed by atoms with Gasteiger partial charge < -0.3 is 4.74 Å². The fourth-order valence-corrected chi connectivity index (χ4v) is 1.55. The van der Waals surface area contributed by atoms with Gasteiger partial charge in [-0.15, -0.1) is 0 Å². The number of benzene rings is 1. The smallest absolute Gasteiger partial charge is 0.121 e. The highest BCUT2D eigenvalue weighted by Gasteiger charge is 2.00. The average molecular weight is 215 g/mol. The molecule has 1 aromatic carbocycles. The van der Waals surface area contributed by atoms with Gasteiger partial charge in [0.15, 0.2) is 0 Å². The second-order valence-corrected chi connectivity index (χ2v) is 4.51. The van der Waals surface area contributed by atoms with Gasteiger partial charge in [-0.2, -0.15) is 0 Å². The van der Waals surface area contributed by atoms with E-state index in [0.29, 0.717) is 5.92 Å². The molecule has 0 radical (unpaired) electrons. The molecule has 0 saturated heterocycles. The molecular weight excluding hydrogens is 198 g/mol. The third-order valence-corrected chi connectivity index (χ3v) is 2.39. The van der Waals surface area contributed by atoms with Crippen molar-refractivity contribution in [2.75, 3.05) is 6.61 Å². The second kappa shape index (κ2) is 4.52. The van der Waals surface area contributed by atoms with Crippen LogP contribution in [0.3, 0.4) is 0 Å². The largest absolute Gasteiger partial charge is 0.493 e. The molecule has 0 aliphatic carbocycles. The third kappa shape index (κ3) is 2.51. The van der Waals surface area contributed by atoms with Crippen molar-refractivity contribution in [2.45, 2.75) is 20.8 Å². The van der Waals surface area contributed by atoms with Crippen LogP contribution in [0.25, 0.3) is 10.9 Å². The summed E-state index contributed by atoms with van der Waals surface area (Å²) in [7, 11) is 0. The van der Waals surface area contributed by atoms with Gasteiger partial charge in [-0.05, 0) is 31.0 Å². The van der Waals surface area contributed by atoms with Gasteiger partial charge in [0, 0.05) is 17.1 Å². The molecule has 0 spiro atoms. The highest BCUT2D eigenvalue weighted by atomic mass is 16.5. The molecule has 2 nitrogen and oxygen atoms in total. The van der Waals surface area contributed by atoms with Crippen LogP contribution in [0.4, 0.5) is 0 Å². The second-order valence-electron chi connectivity index (χ2n) is 4.51. The SMILES string of the molecule is Cc1ccc2ccc(OCC(C)C)cc2n1. The Morgan fingerprint density at radius 2 is 1.94 bits per heavy atom. The van der Waals surface area contributed by atoms with Gasteiger partial charge >= 0.3 is 0 Å². The zero-order chi connectivity index (χ0) is 11.5. The first-order chi connectivity index (χ1) is 7.65. The van der Waals surface area contributed by atoms with E-state index in [-0.39, 0.29) is 0 Å². The molecular formula is C14H17NO. The Balaban J connectivity index is 2.28. The van der Waals surface area contributed by atoms with Crippen LogP contribution >= 0.6 is 0 Å². The van der Waals surface area contributed by atoms with Gasteiger partial charge in [-0.3, -0.25) is 4.98 Å². The summed E-state index contributed by atoms with van der Waals surface area (Å²) in [5.41, 5.74) is 2.04. The van der Waals surface area contributed by atoms with Gasteiger partial charge in [0.05, 0.1) is 12.1 Å². The molecule has 0 fully saturated rings. The standard InChI is InChI=1S/C14H17NO/c1-10(2)9-16-13-7-6-12-5-4-11(3)15-14(12)8-13/h4-8,10H,9H2,1-3H3. The van der Waals surface area contributed by atoms with Crippen LogP contribution in [-0.4, -0.2) is 11.6 Å². The number of aromatic nitrogens is 1. The number of aryl methyl sites for hydroxylation is 1. The molecule has 0 N–H and O–H groups in total. The molecule has 0 aliphatic rings. The number of hydrogen-bond donors (Lipinski definition) is 0. The Morgan fingerprint density at radius 1 is 1.19 bits per heavy atom. The maximum absolute atomic E-state index is 5.68. The highest BCUT2D eigenvalue weighted by molar-refractivity contribution is 5.80. The van der Waals surface area contributed by atoms with Crippen LogP contribution in [0.2, 0.25) is 0 Å². The van der Waals surface area contributed by atoms with Crippen LogP contribution in [0.5, 0.6) is 5.75 Å². The fraction of sp³-hybridized carbons (Fsp3) is 0.357. The molecule has 2 rings (SSSR count). The van der Waals surface area contributed by atoms with Crippen molar-refractivity contribution in [3.05, 3.63) is 36.0 Å². The van der Waals surface area contributed by atoms with E-state index in [0.717, 1.165) is 29.0 Å². The highest BCUT2D eigenvalue weighted by Crippen LogP contribution is 2.20. The van der Waals surface area contributed by atoms with Crippen LogP contribution in [0.15, 0.2) is 30.3 Å². The Labute approximate surface area is 96.3 Å². The predicted octanol–water partition coefficient (Wildman–Crippen LogP) is 3.58. The van der Waals surface area contributed by atoms with Gasteiger partial charge in [0.2, 0.25) is 0 Å². The predicted molar refractivity (Wildman–Crippen MR) is 66.8 cm³/mol. The zero-order valence-corrected chi connectivity index (χ0v) is 10.0. The third-order valence-electron chi connectivity index (χ3n) is 2.39. The molecule has 0 bridgehead atoms. The summed E-state index contributed by atoms with van der Waals surface area (Å²) in [5.74, 6) is 1.44. The maximum Gasteiger partial charge on any atom is 0.121 e. The molecule has 0 saturated carbocycles. The minimum atomic E-state index is 0.543. The molecule has 2 aromatic rings. The average Bonchev–Trinajstić information content (AvgIpc) is 2.25. The fourth-order valence-electron chi connectivity index (χ4n) is 1.55. The summed E-state index contributed by atoms with van der Waals surface area (Å²) in [6.45, 7) is 7.03. The molecule has 16 heavy (non-hydrogen) atoms. The van der Waals surface area contributed by atoms with Crippen molar-refractivity contribution in [2.24, 2.45) is 5.92 Å². The van der Waals surface area contributed by atoms with Gasteiger partial charge in [0.25, 0.3) is 0 Å². The van der Waals surface area contributed by atoms with Crippen molar-refractivity contribution < 1.29 is 4.74 Å². The van der Waals surface area contributed by atoms with E-state index in [9.17, 15) is 0 Å². The normalized spacial score (nSPS) is 11.0. The first-order valence-corrected chi connectivity index (χ1v) is 5.65. The first-order valence-electron chi connectivity index (χ1n) is 5.65. The van der Waals surface area contributed by atoms with E-state index in [1.54, 1.807) is 0 Å². The molecule has 0 aliphatic heterocycles. The van der Waals surface area contributed by atoms with E-state index in [4.69, 9.17) is 4.74 Å². The number of rotatable bonds is 3. The topological polar surface area (TPSA) is 22.1 Å². The molecule has 84 valence electrons. The zero-order valence-electron chi connectivity index (χ0n) is 10.0. The molecule has 0 amide bonds. The minimum absolute atomic E-state index is 0.543. The van der Waals surface area contributed by atoms with Crippen molar-refractivity contribution in [3.8, 4) is 5.75 Å². The first kappa shape index (κ1) is 10.9. The monoisotopic (exact) mass is 215 g/mol. The molecule has 0 unspecified atom stereocenters. The van der Waals surface area contributed by atoms with Crippen LogP contribution in [-0.2, 0) is 0 Å². The summed E-state index contributed by atoms with van der Waals surface area (Å²) in [4.78, 5) is 4.48. The maximum atomic E-state index is 5.68. The quantitative estimate of drug-likeness (QED) is 0.780. The number of pyridine rings is 1.